The molecule has 1 aromatic heterocycles. The van der Waals surface area contributed by atoms with Crippen molar-refractivity contribution in [3.8, 4) is 5.75 Å². The van der Waals surface area contributed by atoms with E-state index < -0.39 is 0 Å². The summed E-state index contributed by atoms with van der Waals surface area (Å²) in [6.07, 6.45) is 1.72. The molecule has 1 heterocycles. The molecule has 0 radical (unpaired) electrons. The van der Waals surface area contributed by atoms with E-state index >= 15 is 0 Å². The molecule has 0 saturated heterocycles. The van der Waals surface area contributed by atoms with Crippen molar-refractivity contribution in [3.63, 3.8) is 0 Å². The zero-order valence-electron chi connectivity index (χ0n) is 12.2. The molecule has 2 rings (SSSR count). The number of hydrogen-bond donors (Lipinski definition) is 1. The first-order valence-corrected chi connectivity index (χ1v) is 8.27. The summed E-state index contributed by atoms with van der Waals surface area (Å²) in [6.45, 7) is 7.76. The first-order valence-electron chi connectivity index (χ1n) is 7.12. The molecule has 2 aromatic rings. The highest BCUT2D eigenvalue weighted by atomic mass is 32.2. The quantitative estimate of drug-likeness (QED) is 0.792. The van der Waals surface area contributed by atoms with E-state index in [4.69, 9.17) is 0 Å². The fourth-order valence-corrected chi connectivity index (χ4v) is 3.26. The Balaban J connectivity index is 1.98. The summed E-state index contributed by atoms with van der Waals surface area (Å²) in [7, 11) is 0. The minimum Gasteiger partial charge on any atom is -0.506 e. The molecule has 4 heteroatoms. The van der Waals surface area contributed by atoms with Crippen LogP contribution in [0.3, 0.4) is 0 Å². The fourth-order valence-electron chi connectivity index (χ4n) is 2.26. The Hall–Kier alpha value is -1.26. The summed E-state index contributed by atoms with van der Waals surface area (Å²) in [5, 5.41) is 10.9. The smallest absolute Gasteiger partial charge is 0.141 e. The summed E-state index contributed by atoms with van der Waals surface area (Å²) >= 11 is 1.94. The second-order valence-electron chi connectivity index (χ2n) is 4.72. The van der Waals surface area contributed by atoms with Crippen LogP contribution < -0.4 is 0 Å². The number of nitrogens with zero attached hydrogens (tertiary/aromatic N) is 2. The average Bonchev–Trinajstić information content (AvgIpc) is 2.50. The molecule has 0 unspecified atom stereocenters. The Kier molecular flexibility index (Phi) is 5.68. The standard InChI is InChI=1S/C16H22N2OS/c1-3-18(4-2)10-11-20-12-13-7-8-15(19)16-14(13)6-5-9-17-16/h5-9,19H,3-4,10-12H2,1-2H3. The number of phenols is 1. The largest absolute Gasteiger partial charge is 0.506 e. The van der Waals surface area contributed by atoms with Gasteiger partial charge >= 0.3 is 0 Å². The van der Waals surface area contributed by atoms with Crippen LogP contribution in [-0.2, 0) is 5.75 Å². The summed E-state index contributed by atoms with van der Waals surface area (Å²) in [5.74, 6) is 2.35. The van der Waals surface area contributed by atoms with E-state index in [1.54, 1.807) is 12.3 Å². The third-order valence-corrected chi connectivity index (χ3v) is 4.53. The highest BCUT2D eigenvalue weighted by Gasteiger charge is 2.06. The number of aromatic hydroxyl groups is 1. The number of pyridine rings is 1. The minimum atomic E-state index is 0.262. The number of aromatic nitrogens is 1. The molecule has 0 saturated carbocycles. The highest BCUT2D eigenvalue weighted by molar-refractivity contribution is 7.98. The molecule has 0 aliphatic carbocycles. The van der Waals surface area contributed by atoms with Gasteiger partial charge in [-0.3, -0.25) is 4.98 Å². The SMILES string of the molecule is CCN(CC)CCSCc1ccc(O)c2ncccc12. The normalized spacial score (nSPS) is 11.3. The van der Waals surface area contributed by atoms with E-state index in [1.165, 1.54) is 5.56 Å². The van der Waals surface area contributed by atoms with Crippen molar-refractivity contribution in [2.24, 2.45) is 0 Å². The average molecular weight is 290 g/mol. The van der Waals surface area contributed by atoms with Gasteiger partial charge in [0.1, 0.15) is 11.3 Å². The molecule has 0 aliphatic rings. The Morgan fingerprint density at radius 3 is 2.75 bits per heavy atom. The molecule has 0 atom stereocenters. The molecule has 1 N–H and O–H groups in total. The van der Waals surface area contributed by atoms with Crippen LogP contribution >= 0.6 is 11.8 Å². The lowest BCUT2D eigenvalue weighted by molar-refractivity contribution is 0.324. The molecule has 20 heavy (non-hydrogen) atoms. The van der Waals surface area contributed by atoms with Crippen LogP contribution in [0.5, 0.6) is 5.75 Å². The molecular weight excluding hydrogens is 268 g/mol. The van der Waals surface area contributed by atoms with Crippen molar-refractivity contribution >= 4 is 22.7 Å². The predicted octanol–water partition coefficient (Wildman–Crippen LogP) is 3.52. The Morgan fingerprint density at radius 2 is 2.00 bits per heavy atom. The summed E-state index contributed by atoms with van der Waals surface area (Å²) in [4.78, 5) is 6.69. The van der Waals surface area contributed by atoms with Crippen molar-refractivity contribution in [2.45, 2.75) is 19.6 Å². The number of fused-ring (bicyclic) bond motifs is 1. The van der Waals surface area contributed by atoms with Crippen LogP contribution in [-0.4, -0.2) is 40.4 Å². The number of rotatable bonds is 7. The lowest BCUT2D eigenvalue weighted by Crippen LogP contribution is -2.25. The number of thioether (sulfide) groups is 1. The fraction of sp³-hybridized carbons (Fsp3) is 0.438. The van der Waals surface area contributed by atoms with Gasteiger partial charge < -0.3 is 10.0 Å². The van der Waals surface area contributed by atoms with Gasteiger partial charge in [0.15, 0.2) is 0 Å². The number of hydrogen-bond acceptors (Lipinski definition) is 4. The van der Waals surface area contributed by atoms with E-state index in [0.29, 0.717) is 5.52 Å². The van der Waals surface area contributed by atoms with Gasteiger partial charge in [-0.1, -0.05) is 26.0 Å². The molecule has 0 bridgehead atoms. The zero-order chi connectivity index (χ0) is 14.4. The van der Waals surface area contributed by atoms with E-state index in [1.807, 2.05) is 30.0 Å². The molecule has 1 aromatic carbocycles. The van der Waals surface area contributed by atoms with Crippen LogP contribution in [0.15, 0.2) is 30.5 Å². The van der Waals surface area contributed by atoms with Crippen LogP contribution in [0.2, 0.25) is 0 Å². The van der Waals surface area contributed by atoms with Crippen LogP contribution in [0, 0.1) is 0 Å². The van der Waals surface area contributed by atoms with Gasteiger partial charge in [0, 0.05) is 29.6 Å². The molecule has 0 fully saturated rings. The van der Waals surface area contributed by atoms with Gasteiger partial charge in [-0.25, -0.2) is 0 Å². The Bertz CT molecular complexity index is 555. The predicted molar refractivity (Wildman–Crippen MR) is 87.4 cm³/mol. The van der Waals surface area contributed by atoms with Gasteiger partial charge in [0.25, 0.3) is 0 Å². The molecular formula is C16H22N2OS. The van der Waals surface area contributed by atoms with Crippen molar-refractivity contribution in [3.05, 3.63) is 36.0 Å². The van der Waals surface area contributed by atoms with E-state index in [0.717, 1.165) is 36.5 Å². The van der Waals surface area contributed by atoms with Gasteiger partial charge in [0.05, 0.1) is 0 Å². The summed E-state index contributed by atoms with van der Waals surface area (Å²) in [5.41, 5.74) is 1.95. The lowest BCUT2D eigenvalue weighted by atomic mass is 10.1. The van der Waals surface area contributed by atoms with E-state index in [9.17, 15) is 5.11 Å². The topological polar surface area (TPSA) is 36.4 Å². The van der Waals surface area contributed by atoms with Crippen LogP contribution in [0.1, 0.15) is 19.4 Å². The summed E-state index contributed by atoms with van der Waals surface area (Å²) in [6, 6.07) is 7.70. The van der Waals surface area contributed by atoms with Gasteiger partial charge in [0.2, 0.25) is 0 Å². The third-order valence-electron chi connectivity index (χ3n) is 3.54. The van der Waals surface area contributed by atoms with Crippen LogP contribution in [0.4, 0.5) is 0 Å². The monoisotopic (exact) mass is 290 g/mol. The third kappa shape index (κ3) is 3.64. The maximum Gasteiger partial charge on any atom is 0.141 e. The second kappa shape index (κ2) is 7.50. The number of phenolic OH excluding ortho intramolecular Hbond substituents is 1. The Labute approximate surface area is 125 Å². The second-order valence-corrected chi connectivity index (χ2v) is 5.83. The van der Waals surface area contributed by atoms with E-state index in [-0.39, 0.29) is 5.75 Å². The van der Waals surface area contributed by atoms with Crippen molar-refractivity contribution in [1.82, 2.24) is 9.88 Å². The molecule has 0 spiro atoms. The van der Waals surface area contributed by atoms with E-state index in [2.05, 4.69) is 23.7 Å². The molecule has 0 aliphatic heterocycles. The van der Waals surface area contributed by atoms with Gasteiger partial charge in [-0.15, -0.1) is 0 Å². The molecule has 3 nitrogen and oxygen atoms in total. The molecule has 0 amide bonds. The zero-order valence-corrected chi connectivity index (χ0v) is 13.0. The van der Waals surface area contributed by atoms with Crippen molar-refractivity contribution in [2.75, 3.05) is 25.4 Å². The number of benzene rings is 1. The lowest BCUT2D eigenvalue weighted by Gasteiger charge is -2.17. The van der Waals surface area contributed by atoms with Crippen molar-refractivity contribution < 1.29 is 5.11 Å². The highest BCUT2D eigenvalue weighted by Crippen LogP contribution is 2.27. The van der Waals surface area contributed by atoms with Crippen molar-refractivity contribution in [1.29, 1.82) is 0 Å². The Morgan fingerprint density at radius 1 is 1.20 bits per heavy atom. The minimum absolute atomic E-state index is 0.262. The van der Waals surface area contributed by atoms with Crippen LogP contribution in [0.25, 0.3) is 10.9 Å². The maximum absolute atomic E-state index is 9.83. The molecule has 108 valence electrons. The maximum atomic E-state index is 9.83. The first kappa shape index (κ1) is 15.1. The van der Waals surface area contributed by atoms with Gasteiger partial charge in [-0.05, 0) is 30.8 Å². The first-order chi connectivity index (χ1) is 9.76. The van der Waals surface area contributed by atoms with Gasteiger partial charge in [-0.2, -0.15) is 11.8 Å². The summed E-state index contributed by atoms with van der Waals surface area (Å²) < 4.78 is 0.